The topological polar surface area (TPSA) is 96.0 Å². The molecule has 0 saturated heterocycles. The van der Waals surface area contributed by atoms with E-state index in [0.717, 1.165) is 13.8 Å². The van der Waals surface area contributed by atoms with E-state index in [4.69, 9.17) is 4.74 Å². The second-order valence-corrected chi connectivity index (χ2v) is 4.03. The Morgan fingerprint density at radius 2 is 1.29 bits per heavy atom. The van der Waals surface area contributed by atoms with E-state index in [2.05, 4.69) is 9.47 Å². The molecule has 0 radical (unpaired) electrons. The third-order valence-electron chi connectivity index (χ3n) is 2.16. The average molecular weight is 294 g/mol. The van der Waals surface area contributed by atoms with Crippen molar-refractivity contribution in [1.82, 2.24) is 0 Å². The molecule has 0 fully saturated rings. The Balaban J connectivity index is 2.89. The second-order valence-electron chi connectivity index (χ2n) is 4.03. The highest BCUT2D eigenvalue weighted by molar-refractivity contribution is 6.00. The van der Waals surface area contributed by atoms with Crippen molar-refractivity contribution in [2.24, 2.45) is 0 Å². The molecule has 0 aliphatic heterocycles. The normalized spacial score (nSPS) is 9.90. The largest absolute Gasteiger partial charge is 0.427 e. The van der Waals surface area contributed by atoms with Crippen LogP contribution in [0.3, 0.4) is 0 Å². The Hall–Kier alpha value is -2.70. The second kappa shape index (κ2) is 7.18. The molecule has 0 saturated carbocycles. The first-order valence-electron chi connectivity index (χ1n) is 5.96. The van der Waals surface area contributed by atoms with Gasteiger partial charge in [0.1, 0.15) is 5.75 Å². The number of benzene rings is 1. The molecule has 7 heteroatoms. The summed E-state index contributed by atoms with van der Waals surface area (Å²) in [4.78, 5) is 44.7. The van der Waals surface area contributed by atoms with Crippen molar-refractivity contribution in [3.63, 3.8) is 0 Å². The molecule has 1 aromatic carbocycles. The molecule has 0 aliphatic carbocycles. The monoisotopic (exact) mass is 294 g/mol. The van der Waals surface area contributed by atoms with Crippen LogP contribution in [0, 0.1) is 0 Å². The van der Waals surface area contributed by atoms with Gasteiger partial charge in [-0.2, -0.15) is 0 Å². The van der Waals surface area contributed by atoms with Crippen molar-refractivity contribution in [1.29, 1.82) is 0 Å². The predicted octanol–water partition coefficient (Wildman–Crippen LogP) is 1.25. The Morgan fingerprint density at radius 1 is 0.810 bits per heavy atom. The van der Waals surface area contributed by atoms with Gasteiger partial charge in [-0.25, -0.2) is 0 Å². The van der Waals surface area contributed by atoms with E-state index >= 15 is 0 Å². The fourth-order valence-electron chi connectivity index (χ4n) is 1.42. The molecule has 0 N–H and O–H groups in total. The lowest BCUT2D eigenvalue weighted by Crippen LogP contribution is -2.31. The van der Waals surface area contributed by atoms with Gasteiger partial charge in [-0.3, -0.25) is 19.2 Å². The van der Waals surface area contributed by atoms with E-state index in [1.165, 1.54) is 31.2 Å². The number of Topliss-reactive ketones (excluding diaryl/α,β-unsaturated/α-hetero) is 1. The Kier molecular flexibility index (Phi) is 5.59. The van der Waals surface area contributed by atoms with E-state index < -0.39 is 30.0 Å². The van der Waals surface area contributed by atoms with E-state index in [1.54, 1.807) is 0 Å². The molecule has 0 aromatic heterocycles. The maximum absolute atomic E-state index is 12.1. The molecule has 0 heterocycles. The van der Waals surface area contributed by atoms with Crippen LogP contribution in [-0.2, 0) is 23.9 Å². The number of carbonyl (C=O) groups is 4. The lowest BCUT2D eigenvalue weighted by Gasteiger charge is -2.15. The van der Waals surface area contributed by atoms with Gasteiger partial charge in [-0.15, -0.1) is 0 Å². The van der Waals surface area contributed by atoms with E-state index in [0.29, 0.717) is 0 Å². The molecule has 21 heavy (non-hydrogen) atoms. The Morgan fingerprint density at radius 3 is 1.67 bits per heavy atom. The molecular formula is C14H14O7. The van der Waals surface area contributed by atoms with Gasteiger partial charge in [0.05, 0.1) is 0 Å². The number of carbonyl (C=O) groups excluding carboxylic acids is 4. The van der Waals surface area contributed by atoms with Gasteiger partial charge < -0.3 is 14.2 Å². The molecule has 0 bridgehead atoms. The van der Waals surface area contributed by atoms with Crippen molar-refractivity contribution in [2.75, 3.05) is 0 Å². The SMILES string of the molecule is CC(=O)Oc1ccc(C(=O)C(OC(C)=O)OC(C)=O)cc1. The van der Waals surface area contributed by atoms with Gasteiger partial charge in [0.2, 0.25) is 5.78 Å². The maximum Gasteiger partial charge on any atom is 0.310 e. The zero-order valence-corrected chi connectivity index (χ0v) is 11.7. The molecule has 0 aliphatic rings. The van der Waals surface area contributed by atoms with Crippen LogP contribution in [0.4, 0.5) is 0 Å². The van der Waals surface area contributed by atoms with Gasteiger partial charge in [0, 0.05) is 26.3 Å². The van der Waals surface area contributed by atoms with Crippen molar-refractivity contribution < 1.29 is 33.4 Å². The van der Waals surface area contributed by atoms with Crippen LogP contribution < -0.4 is 4.74 Å². The van der Waals surface area contributed by atoms with Crippen LogP contribution >= 0.6 is 0 Å². The number of hydrogen-bond donors (Lipinski definition) is 0. The van der Waals surface area contributed by atoms with Crippen molar-refractivity contribution in [3.8, 4) is 5.75 Å². The van der Waals surface area contributed by atoms with Crippen molar-refractivity contribution >= 4 is 23.7 Å². The van der Waals surface area contributed by atoms with E-state index in [9.17, 15) is 19.2 Å². The lowest BCUT2D eigenvalue weighted by atomic mass is 10.1. The summed E-state index contributed by atoms with van der Waals surface area (Å²) in [6, 6.07) is 5.52. The summed E-state index contributed by atoms with van der Waals surface area (Å²) in [5.74, 6) is -2.45. The first-order chi connectivity index (χ1) is 9.79. The quantitative estimate of drug-likeness (QED) is 0.349. The van der Waals surface area contributed by atoms with Gasteiger partial charge in [-0.1, -0.05) is 0 Å². The number of rotatable bonds is 5. The predicted molar refractivity (Wildman–Crippen MR) is 69.4 cm³/mol. The molecule has 7 nitrogen and oxygen atoms in total. The summed E-state index contributed by atoms with van der Waals surface area (Å²) in [7, 11) is 0. The van der Waals surface area contributed by atoms with Crippen LogP contribution in [0.15, 0.2) is 24.3 Å². The minimum absolute atomic E-state index is 0.137. The van der Waals surface area contributed by atoms with Crippen molar-refractivity contribution in [3.05, 3.63) is 29.8 Å². The first kappa shape index (κ1) is 16.4. The molecular weight excluding hydrogens is 280 g/mol. The highest BCUT2D eigenvalue weighted by atomic mass is 16.7. The Bertz CT molecular complexity index is 543. The van der Waals surface area contributed by atoms with Crippen LogP contribution in [0.25, 0.3) is 0 Å². The zero-order chi connectivity index (χ0) is 16.0. The minimum Gasteiger partial charge on any atom is -0.427 e. The summed E-state index contributed by atoms with van der Waals surface area (Å²) in [5.41, 5.74) is 0.137. The lowest BCUT2D eigenvalue weighted by molar-refractivity contribution is -0.176. The number of ketones is 1. The smallest absolute Gasteiger partial charge is 0.310 e. The van der Waals surface area contributed by atoms with Gasteiger partial charge in [-0.05, 0) is 24.3 Å². The number of esters is 3. The number of hydrogen-bond acceptors (Lipinski definition) is 7. The summed E-state index contributed by atoms with van der Waals surface area (Å²) in [6.45, 7) is 3.43. The highest BCUT2D eigenvalue weighted by Gasteiger charge is 2.26. The Labute approximate surface area is 120 Å². The summed E-state index contributed by atoms with van der Waals surface area (Å²) in [6.07, 6.45) is -1.64. The minimum atomic E-state index is -1.64. The average Bonchev–Trinajstić information content (AvgIpc) is 2.36. The summed E-state index contributed by atoms with van der Waals surface area (Å²) in [5, 5.41) is 0. The summed E-state index contributed by atoms with van der Waals surface area (Å²) >= 11 is 0. The van der Waals surface area contributed by atoms with Gasteiger partial charge in [0.25, 0.3) is 0 Å². The fraction of sp³-hybridized carbons (Fsp3) is 0.286. The number of ether oxygens (including phenoxy) is 3. The van der Waals surface area contributed by atoms with Gasteiger partial charge >= 0.3 is 24.2 Å². The molecule has 1 aromatic rings. The van der Waals surface area contributed by atoms with Crippen LogP contribution in [0.5, 0.6) is 5.75 Å². The van der Waals surface area contributed by atoms with Crippen molar-refractivity contribution in [2.45, 2.75) is 27.1 Å². The van der Waals surface area contributed by atoms with Crippen LogP contribution in [-0.4, -0.2) is 30.0 Å². The molecule has 0 unspecified atom stereocenters. The molecule has 1 rings (SSSR count). The first-order valence-corrected chi connectivity index (χ1v) is 5.96. The third kappa shape index (κ3) is 5.43. The zero-order valence-electron chi connectivity index (χ0n) is 11.7. The summed E-state index contributed by atoms with van der Waals surface area (Å²) < 4.78 is 14.1. The maximum atomic E-state index is 12.1. The van der Waals surface area contributed by atoms with E-state index in [-0.39, 0.29) is 11.3 Å². The standard InChI is InChI=1S/C14H14O7/c1-8(15)19-12-6-4-11(5-7-12)13(18)14(20-9(2)16)21-10(3)17/h4-7,14H,1-3H3. The molecule has 0 atom stereocenters. The van der Waals surface area contributed by atoms with Gasteiger partial charge in [0.15, 0.2) is 0 Å². The van der Waals surface area contributed by atoms with E-state index in [1.807, 2.05) is 0 Å². The highest BCUT2D eigenvalue weighted by Crippen LogP contribution is 2.15. The van der Waals surface area contributed by atoms with Crippen LogP contribution in [0.1, 0.15) is 31.1 Å². The van der Waals surface area contributed by atoms with Crippen LogP contribution in [0.2, 0.25) is 0 Å². The third-order valence-corrected chi connectivity index (χ3v) is 2.16. The molecule has 112 valence electrons. The molecule has 0 amide bonds. The fourth-order valence-corrected chi connectivity index (χ4v) is 1.42. The molecule has 0 spiro atoms.